The van der Waals surface area contributed by atoms with E-state index in [1.54, 1.807) is 16.7 Å². The summed E-state index contributed by atoms with van der Waals surface area (Å²) in [6.07, 6.45) is 1.82. The van der Waals surface area contributed by atoms with E-state index >= 15 is 0 Å². The van der Waals surface area contributed by atoms with Crippen LogP contribution >= 0.6 is 11.6 Å². The maximum absolute atomic E-state index is 12.4. The van der Waals surface area contributed by atoms with Crippen LogP contribution in [0.3, 0.4) is 0 Å². The maximum Gasteiger partial charge on any atom is 0.275 e. The van der Waals surface area contributed by atoms with Crippen molar-refractivity contribution in [3.05, 3.63) is 51.9 Å². The zero-order valence-electron chi connectivity index (χ0n) is 11.9. The lowest BCUT2D eigenvalue weighted by Gasteiger charge is -2.08. The van der Waals surface area contributed by atoms with Crippen LogP contribution in [0.2, 0.25) is 5.02 Å². The first-order chi connectivity index (χ1) is 9.97. The van der Waals surface area contributed by atoms with Crippen LogP contribution in [0.15, 0.2) is 41.3 Å². The zero-order valence-corrected chi connectivity index (χ0v) is 12.6. The second kappa shape index (κ2) is 4.97. The van der Waals surface area contributed by atoms with E-state index in [-0.39, 0.29) is 11.6 Å². The number of H-pyrrole nitrogens is 1. The molecule has 0 aliphatic carbocycles. The fourth-order valence-corrected chi connectivity index (χ4v) is 2.57. The predicted molar refractivity (Wildman–Crippen MR) is 87.8 cm³/mol. The first kappa shape index (κ1) is 13.8. The molecule has 0 spiro atoms. The molecular weight excluding hydrogens is 286 g/mol. The lowest BCUT2D eigenvalue weighted by molar-refractivity contribution is 0.582. The molecule has 0 saturated carbocycles. The van der Waals surface area contributed by atoms with Crippen LogP contribution in [0.25, 0.3) is 22.2 Å². The Morgan fingerprint density at radius 3 is 2.67 bits per heavy atom. The summed E-state index contributed by atoms with van der Waals surface area (Å²) in [4.78, 5) is 15.6. The van der Waals surface area contributed by atoms with Gasteiger partial charge in [-0.2, -0.15) is 0 Å². The second-order valence-corrected chi connectivity index (χ2v) is 5.78. The summed E-state index contributed by atoms with van der Waals surface area (Å²) >= 11 is 6.06. The van der Waals surface area contributed by atoms with Gasteiger partial charge in [0.25, 0.3) is 5.56 Å². The van der Waals surface area contributed by atoms with Gasteiger partial charge in [0.1, 0.15) is 5.52 Å². The van der Waals surface area contributed by atoms with Crippen molar-refractivity contribution in [3.8, 4) is 11.3 Å². The van der Waals surface area contributed by atoms with E-state index in [4.69, 9.17) is 17.3 Å². The van der Waals surface area contributed by atoms with E-state index in [1.807, 2.05) is 38.2 Å². The summed E-state index contributed by atoms with van der Waals surface area (Å²) in [5.41, 5.74) is 8.61. The Balaban J connectivity index is 2.19. The second-order valence-electron chi connectivity index (χ2n) is 5.37. The highest BCUT2D eigenvalue weighted by atomic mass is 35.5. The standard InChI is InChI=1S/C16H16ClN3O/c1-9(2)20-6-5-11-8-14(19-15(11)16(20)21)10-3-4-13(18)12(17)7-10/h3-9,19H,18H2,1-2H3. The molecule has 0 fully saturated rings. The van der Waals surface area contributed by atoms with Gasteiger partial charge in [0.2, 0.25) is 0 Å². The Morgan fingerprint density at radius 2 is 2.00 bits per heavy atom. The van der Waals surface area contributed by atoms with Gasteiger partial charge in [-0.15, -0.1) is 0 Å². The number of nitrogens with one attached hydrogen (secondary N) is 1. The molecule has 2 heterocycles. The fraction of sp³-hybridized carbons (Fsp3) is 0.188. The Kier molecular flexibility index (Phi) is 3.26. The summed E-state index contributed by atoms with van der Waals surface area (Å²) in [5.74, 6) is 0. The molecule has 1 aromatic carbocycles. The topological polar surface area (TPSA) is 63.8 Å². The van der Waals surface area contributed by atoms with E-state index < -0.39 is 0 Å². The number of hydrogen-bond acceptors (Lipinski definition) is 2. The van der Waals surface area contributed by atoms with Gasteiger partial charge in [0.05, 0.1) is 10.7 Å². The van der Waals surface area contributed by atoms with E-state index in [1.165, 1.54) is 0 Å². The monoisotopic (exact) mass is 301 g/mol. The molecular formula is C16H16ClN3O. The Bertz CT molecular complexity index is 877. The van der Waals surface area contributed by atoms with Gasteiger partial charge in [0, 0.05) is 23.3 Å². The Labute approximate surface area is 127 Å². The number of fused-ring (bicyclic) bond motifs is 1. The number of aromatic nitrogens is 2. The average molecular weight is 302 g/mol. The number of aromatic amines is 1. The molecule has 3 aromatic rings. The number of anilines is 1. The molecule has 3 N–H and O–H groups in total. The van der Waals surface area contributed by atoms with Crippen molar-refractivity contribution in [1.29, 1.82) is 0 Å². The predicted octanol–water partition coefficient (Wildman–Crippen LogP) is 3.81. The lowest BCUT2D eigenvalue weighted by Crippen LogP contribution is -2.21. The molecule has 2 aromatic heterocycles. The summed E-state index contributed by atoms with van der Waals surface area (Å²) in [7, 11) is 0. The molecule has 21 heavy (non-hydrogen) atoms. The van der Waals surface area contributed by atoms with Gasteiger partial charge < -0.3 is 15.3 Å². The van der Waals surface area contributed by atoms with Crippen molar-refractivity contribution < 1.29 is 0 Å². The highest BCUT2D eigenvalue weighted by Crippen LogP contribution is 2.28. The molecule has 0 aliphatic heterocycles. The van der Waals surface area contributed by atoms with Crippen molar-refractivity contribution in [2.24, 2.45) is 0 Å². The molecule has 0 unspecified atom stereocenters. The van der Waals surface area contributed by atoms with Gasteiger partial charge in [-0.25, -0.2) is 0 Å². The van der Waals surface area contributed by atoms with Crippen LogP contribution in [0, 0.1) is 0 Å². The van der Waals surface area contributed by atoms with E-state index in [9.17, 15) is 4.79 Å². The highest BCUT2D eigenvalue weighted by molar-refractivity contribution is 6.33. The van der Waals surface area contributed by atoms with Crippen LogP contribution in [-0.4, -0.2) is 9.55 Å². The van der Waals surface area contributed by atoms with Crippen LogP contribution in [-0.2, 0) is 0 Å². The average Bonchev–Trinajstić information content (AvgIpc) is 2.87. The molecule has 0 atom stereocenters. The van der Waals surface area contributed by atoms with E-state index in [0.29, 0.717) is 16.2 Å². The summed E-state index contributed by atoms with van der Waals surface area (Å²) in [6, 6.07) is 9.45. The first-order valence-electron chi connectivity index (χ1n) is 6.76. The number of nitrogens with two attached hydrogens (primary N) is 1. The number of rotatable bonds is 2. The molecule has 108 valence electrons. The maximum atomic E-state index is 12.4. The number of nitrogens with zero attached hydrogens (tertiary/aromatic N) is 1. The molecule has 0 amide bonds. The van der Waals surface area contributed by atoms with Gasteiger partial charge in [-0.1, -0.05) is 17.7 Å². The van der Waals surface area contributed by atoms with Gasteiger partial charge in [0.15, 0.2) is 0 Å². The van der Waals surface area contributed by atoms with E-state index in [2.05, 4.69) is 4.98 Å². The minimum atomic E-state index is -0.0182. The Hall–Kier alpha value is -2.20. The van der Waals surface area contributed by atoms with E-state index in [0.717, 1.165) is 16.6 Å². The summed E-state index contributed by atoms with van der Waals surface area (Å²) < 4.78 is 1.71. The molecule has 4 nitrogen and oxygen atoms in total. The number of pyridine rings is 1. The van der Waals surface area contributed by atoms with Gasteiger partial charge in [-0.05, 0) is 43.7 Å². The van der Waals surface area contributed by atoms with Crippen molar-refractivity contribution in [1.82, 2.24) is 9.55 Å². The van der Waals surface area contributed by atoms with Crippen LogP contribution in [0.4, 0.5) is 5.69 Å². The normalized spacial score (nSPS) is 11.4. The minimum absolute atomic E-state index is 0.0182. The van der Waals surface area contributed by atoms with Crippen LogP contribution < -0.4 is 11.3 Å². The SMILES string of the molecule is CC(C)n1ccc2cc(-c3ccc(N)c(Cl)c3)[nH]c2c1=O. The quantitative estimate of drug-likeness (QED) is 0.707. The van der Waals surface area contributed by atoms with Crippen molar-refractivity contribution in [2.75, 3.05) is 5.73 Å². The zero-order chi connectivity index (χ0) is 15.1. The van der Waals surface area contributed by atoms with Crippen LogP contribution in [0.1, 0.15) is 19.9 Å². The fourth-order valence-electron chi connectivity index (χ4n) is 2.39. The first-order valence-corrected chi connectivity index (χ1v) is 7.14. The molecule has 0 bridgehead atoms. The molecule has 0 saturated heterocycles. The number of nitrogen functional groups attached to an aromatic ring is 1. The smallest absolute Gasteiger partial charge is 0.275 e. The number of hydrogen-bond donors (Lipinski definition) is 2. The van der Waals surface area contributed by atoms with Gasteiger partial charge >= 0.3 is 0 Å². The third kappa shape index (κ3) is 2.32. The molecule has 0 aliphatic rings. The Morgan fingerprint density at radius 1 is 1.24 bits per heavy atom. The van der Waals surface area contributed by atoms with Crippen molar-refractivity contribution in [3.63, 3.8) is 0 Å². The lowest BCUT2D eigenvalue weighted by atomic mass is 10.1. The number of benzene rings is 1. The number of halogens is 1. The molecule has 0 radical (unpaired) electrons. The third-order valence-corrected chi connectivity index (χ3v) is 3.91. The third-order valence-electron chi connectivity index (χ3n) is 3.58. The van der Waals surface area contributed by atoms with Crippen molar-refractivity contribution >= 4 is 28.2 Å². The summed E-state index contributed by atoms with van der Waals surface area (Å²) in [5, 5.41) is 1.39. The molecule has 5 heteroatoms. The minimum Gasteiger partial charge on any atom is -0.398 e. The van der Waals surface area contributed by atoms with Gasteiger partial charge in [-0.3, -0.25) is 4.79 Å². The highest BCUT2D eigenvalue weighted by Gasteiger charge is 2.10. The molecule has 3 rings (SSSR count). The summed E-state index contributed by atoms with van der Waals surface area (Å²) in [6.45, 7) is 3.97. The largest absolute Gasteiger partial charge is 0.398 e. The van der Waals surface area contributed by atoms with Crippen LogP contribution in [0.5, 0.6) is 0 Å². The van der Waals surface area contributed by atoms with Crippen molar-refractivity contribution in [2.45, 2.75) is 19.9 Å².